The van der Waals surface area contributed by atoms with Crippen LogP contribution in [0.4, 0.5) is 0 Å². The summed E-state index contributed by atoms with van der Waals surface area (Å²) in [7, 11) is 2.14. The van der Waals surface area contributed by atoms with Gasteiger partial charge < -0.3 is 9.80 Å². The molecular weight excluding hydrogens is 212 g/mol. The number of hydrogen-bond acceptors (Lipinski definition) is 2. The molecule has 1 rings (SSSR count). The van der Waals surface area contributed by atoms with Crippen molar-refractivity contribution in [2.75, 3.05) is 32.6 Å². The molecule has 0 N–H and O–H groups in total. The summed E-state index contributed by atoms with van der Waals surface area (Å²) in [5, 5.41) is 0. The van der Waals surface area contributed by atoms with Crippen LogP contribution in [0.5, 0.6) is 0 Å². The third kappa shape index (κ3) is 3.65. The smallest absolute Gasteiger partial charge is 0.237 e. The maximum Gasteiger partial charge on any atom is 0.237 e. The van der Waals surface area contributed by atoms with Crippen LogP contribution < -0.4 is 0 Å². The van der Waals surface area contributed by atoms with Crippen molar-refractivity contribution in [2.45, 2.75) is 32.2 Å². The highest BCUT2D eigenvalue weighted by Gasteiger charge is 2.22. The van der Waals surface area contributed by atoms with E-state index in [4.69, 9.17) is 11.6 Å². The van der Waals surface area contributed by atoms with Crippen LogP contribution in [0, 0.1) is 0 Å². The zero-order valence-electron chi connectivity index (χ0n) is 9.71. The van der Waals surface area contributed by atoms with Crippen molar-refractivity contribution in [2.24, 2.45) is 0 Å². The number of carbonyl (C=O) groups is 1. The van der Waals surface area contributed by atoms with Crippen LogP contribution in [-0.4, -0.2) is 54.3 Å². The van der Waals surface area contributed by atoms with Gasteiger partial charge in [-0.05, 0) is 33.4 Å². The Hall–Kier alpha value is -0.280. The Kier molecular flexibility index (Phi) is 5.40. The van der Waals surface area contributed by atoms with E-state index in [0.717, 1.165) is 19.6 Å². The van der Waals surface area contributed by atoms with Gasteiger partial charge in [-0.3, -0.25) is 4.79 Å². The first-order valence-corrected chi connectivity index (χ1v) is 6.26. The van der Waals surface area contributed by atoms with Crippen LogP contribution in [0.2, 0.25) is 0 Å². The fourth-order valence-corrected chi connectivity index (χ4v) is 2.29. The third-order valence-electron chi connectivity index (χ3n) is 3.20. The highest BCUT2D eigenvalue weighted by Crippen LogP contribution is 2.16. The average molecular weight is 233 g/mol. The predicted octanol–water partition coefficient (Wildman–Crippen LogP) is 1.56. The van der Waals surface area contributed by atoms with E-state index in [1.807, 2.05) is 11.8 Å². The highest BCUT2D eigenvalue weighted by atomic mass is 35.5. The number of halogens is 1. The monoisotopic (exact) mass is 232 g/mol. The maximum absolute atomic E-state index is 11.5. The maximum atomic E-state index is 11.5. The first kappa shape index (κ1) is 12.8. The summed E-state index contributed by atoms with van der Waals surface area (Å²) in [6, 6.07) is 0.519. The topological polar surface area (TPSA) is 23.6 Å². The molecule has 1 aliphatic heterocycles. The second-order valence-electron chi connectivity index (χ2n) is 4.20. The zero-order valence-corrected chi connectivity index (χ0v) is 10.5. The number of likely N-dealkylation sites (N-methyl/N-ethyl adjacent to an activating group) is 2. The van der Waals surface area contributed by atoms with Gasteiger partial charge in [0.2, 0.25) is 5.91 Å². The molecule has 1 atom stereocenters. The van der Waals surface area contributed by atoms with Crippen molar-refractivity contribution in [1.82, 2.24) is 9.80 Å². The summed E-state index contributed by atoms with van der Waals surface area (Å²) in [6.07, 6.45) is 3.76. The Morgan fingerprint density at radius 3 is 2.80 bits per heavy atom. The summed E-state index contributed by atoms with van der Waals surface area (Å²) >= 11 is 5.57. The quantitative estimate of drug-likeness (QED) is 0.687. The molecule has 0 aliphatic carbocycles. The molecule has 1 saturated heterocycles. The standard InChI is InChI=1S/C11H21ClN2O/c1-3-14(11(15)8-12)9-10-6-4-5-7-13(10)2/h10H,3-9H2,1-2H3. The van der Waals surface area contributed by atoms with E-state index in [1.165, 1.54) is 19.3 Å². The Morgan fingerprint density at radius 1 is 1.53 bits per heavy atom. The molecule has 0 bridgehead atoms. The Morgan fingerprint density at radius 2 is 2.27 bits per heavy atom. The zero-order chi connectivity index (χ0) is 11.3. The van der Waals surface area contributed by atoms with Crippen molar-refractivity contribution in [3.63, 3.8) is 0 Å². The number of alkyl halides is 1. The molecule has 0 aromatic carbocycles. The van der Waals surface area contributed by atoms with Crippen molar-refractivity contribution in [3.05, 3.63) is 0 Å². The fourth-order valence-electron chi connectivity index (χ4n) is 2.12. The Labute approximate surface area is 97.4 Å². The summed E-state index contributed by atoms with van der Waals surface area (Å²) in [4.78, 5) is 15.7. The normalized spacial score (nSPS) is 22.7. The van der Waals surface area contributed by atoms with Crippen LogP contribution in [0.25, 0.3) is 0 Å². The van der Waals surface area contributed by atoms with E-state index in [9.17, 15) is 4.79 Å². The number of hydrogen-bond donors (Lipinski definition) is 0. The summed E-state index contributed by atoms with van der Waals surface area (Å²) in [5.41, 5.74) is 0. The summed E-state index contributed by atoms with van der Waals surface area (Å²) < 4.78 is 0. The minimum atomic E-state index is 0.0538. The molecule has 0 radical (unpaired) electrons. The molecule has 1 unspecified atom stereocenters. The van der Waals surface area contributed by atoms with Crippen LogP contribution in [0.15, 0.2) is 0 Å². The lowest BCUT2D eigenvalue weighted by Gasteiger charge is -2.35. The van der Waals surface area contributed by atoms with Crippen LogP contribution >= 0.6 is 11.6 Å². The Balaban J connectivity index is 2.46. The third-order valence-corrected chi connectivity index (χ3v) is 3.43. The number of rotatable bonds is 4. The molecule has 1 fully saturated rings. The van der Waals surface area contributed by atoms with E-state index >= 15 is 0 Å². The molecule has 0 spiro atoms. The van der Waals surface area contributed by atoms with E-state index in [0.29, 0.717) is 6.04 Å². The molecular formula is C11H21ClN2O. The van der Waals surface area contributed by atoms with Crippen molar-refractivity contribution in [3.8, 4) is 0 Å². The van der Waals surface area contributed by atoms with Gasteiger partial charge in [0.1, 0.15) is 5.88 Å². The summed E-state index contributed by atoms with van der Waals surface area (Å²) in [6.45, 7) is 4.75. The van der Waals surface area contributed by atoms with Gasteiger partial charge in [-0.25, -0.2) is 0 Å². The number of carbonyl (C=O) groups excluding carboxylic acids is 1. The van der Waals surface area contributed by atoms with Crippen molar-refractivity contribution in [1.29, 1.82) is 0 Å². The first-order valence-electron chi connectivity index (χ1n) is 5.73. The molecule has 0 aromatic rings. The van der Waals surface area contributed by atoms with Gasteiger partial charge in [-0.15, -0.1) is 11.6 Å². The van der Waals surface area contributed by atoms with Crippen molar-refractivity contribution < 1.29 is 4.79 Å². The van der Waals surface area contributed by atoms with Gasteiger partial charge in [-0.1, -0.05) is 6.42 Å². The van der Waals surface area contributed by atoms with Crippen LogP contribution in [0.1, 0.15) is 26.2 Å². The molecule has 88 valence electrons. The van der Waals surface area contributed by atoms with E-state index in [1.54, 1.807) is 0 Å². The minimum absolute atomic E-state index is 0.0538. The van der Waals surface area contributed by atoms with Gasteiger partial charge in [0, 0.05) is 19.1 Å². The van der Waals surface area contributed by atoms with E-state index in [2.05, 4.69) is 11.9 Å². The largest absolute Gasteiger partial charge is 0.340 e. The molecule has 15 heavy (non-hydrogen) atoms. The summed E-state index contributed by atoms with van der Waals surface area (Å²) in [5.74, 6) is 0.155. The van der Waals surface area contributed by atoms with Crippen molar-refractivity contribution >= 4 is 17.5 Å². The van der Waals surface area contributed by atoms with Gasteiger partial charge in [0.15, 0.2) is 0 Å². The molecule has 0 aromatic heterocycles. The molecule has 0 saturated carbocycles. The number of amides is 1. The van der Waals surface area contributed by atoms with Crippen LogP contribution in [0.3, 0.4) is 0 Å². The lowest BCUT2D eigenvalue weighted by Crippen LogP contribution is -2.46. The number of likely N-dealkylation sites (tertiary alicyclic amines) is 1. The SMILES string of the molecule is CCN(CC1CCCCN1C)C(=O)CCl. The van der Waals surface area contributed by atoms with E-state index in [-0.39, 0.29) is 11.8 Å². The number of nitrogens with zero attached hydrogens (tertiary/aromatic N) is 2. The average Bonchev–Trinajstić information content (AvgIpc) is 2.27. The molecule has 4 heteroatoms. The van der Waals surface area contributed by atoms with E-state index < -0.39 is 0 Å². The molecule has 1 heterocycles. The number of piperidine rings is 1. The Bertz CT molecular complexity index is 211. The first-order chi connectivity index (χ1) is 7.19. The van der Waals surface area contributed by atoms with Gasteiger partial charge in [0.25, 0.3) is 0 Å². The minimum Gasteiger partial charge on any atom is -0.340 e. The molecule has 3 nitrogen and oxygen atoms in total. The second kappa shape index (κ2) is 6.33. The van der Waals surface area contributed by atoms with Gasteiger partial charge in [-0.2, -0.15) is 0 Å². The highest BCUT2D eigenvalue weighted by molar-refractivity contribution is 6.27. The molecule has 1 aliphatic rings. The van der Waals surface area contributed by atoms with Crippen LogP contribution in [-0.2, 0) is 4.79 Å². The predicted molar refractivity (Wildman–Crippen MR) is 63.2 cm³/mol. The fraction of sp³-hybridized carbons (Fsp3) is 0.909. The second-order valence-corrected chi connectivity index (χ2v) is 4.46. The van der Waals surface area contributed by atoms with Gasteiger partial charge in [0.05, 0.1) is 0 Å². The lowest BCUT2D eigenvalue weighted by molar-refractivity contribution is -0.129. The lowest BCUT2D eigenvalue weighted by atomic mass is 10.0. The molecule has 1 amide bonds. The van der Waals surface area contributed by atoms with Gasteiger partial charge >= 0.3 is 0 Å².